The van der Waals surface area contributed by atoms with Gasteiger partial charge in [0.25, 0.3) is 0 Å². The average Bonchev–Trinajstić information content (AvgIpc) is 2.45. The van der Waals surface area contributed by atoms with Crippen LogP contribution in [0.2, 0.25) is 0 Å². The number of sulfonamides is 1. The Kier molecular flexibility index (Phi) is 4.93. The van der Waals surface area contributed by atoms with E-state index < -0.39 is 33.0 Å². The highest BCUT2D eigenvalue weighted by molar-refractivity contribution is 7.88. The number of hydrogen-bond donors (Lipinski definition) is 0. The van der Waals surface area contributed by atoms with Crippen molar-refractivity contribution in [2.75, 3.05) is 7.05 Å². The summed E-state index contributed by atoms with van der Waals surface area (Å²) in [6.45, 7) is 2.04. The molecule has 0 unspecified atom stereocenters. The Morgan fingerprint density at radius 3 is 2.18 bits per heavy atom. The molecule has 2 rings (SSSR count). The predicted molar refractivity (Wildman–Crippen MR) is 81.6 cm³/mol. The zero-order valence-corrected chi connectivity index (χ0v) is 13.2. The topological polar surface area (TPSA) is 37.4 Å². The first-order valence-electron chi connectivity index (χ1n) is 6.72. The summed E-state index contributed by atoms with van der Waals surface area (Å²) in [5, 5.41) is 0. The largest absolute Gasteiger partial charge is 0.218 e. The van der Waals surface area contributed by atoms with Crippen LogP contribution < -0.4 is 0 Å². The van der Waals surface area contributed by atoms with E-state index in [-0.39, 0.29) is 6.54 Å². The standard InChI is InChI=1S/C16H17F2NO2S/c1-12-6-3-4-7-13(12)10-19(2)22(20,21)11-14-15(17)8-5-9-16(14)18/h3-9H,10-11H2,1-2H3. The molecule has 118 valence electrons. The Bertz CT molecular complexity index is 755. The van der Waals surface area contributed by atoms with Crippen LogP contribution in [0.25, 0.3) is 0 Å². The molecular formula is C16H17F2NO2S. The molecule has 2 aromatic carbocycles. The lowest BCUT2D eigenvalue weighted by molar-refractivity contribution is 0.462. The Balaban J connectivity index is 2.22. The molecule has 0 aromatic heterocycles. The van der Waals surface area contributed by atoms with Crippen LogP contribution in [0.4, 0.5) is 8.78 Å². The monoisotopic (exact) mass is 325 g/mol. The highest BCUT2D eigenvalue weighted by Gasteiger charge is 2.23. The number of rotatable bonds is 5. The normalized spacial score (nSPS) is 11.9. The zero-order chi connectivity index (χ0) is 16.3. The van der Waals surface area contributed by atoms with Crippen LogP contribution in [0.5, 0.6) is 0 Å². The lowest BCUT2D eigenvalue weighted by Crippen LogP contribution is -2.28. The average molecular weight is 325 g/mol. The minimum Gasteiger partial charge on any atom is -0.212 e. The van der Waals surface area contributed by atoms with Gasteiger partial charge in [-0.1, -0.05) is 30.3 Å². The number of hydrogen-bond acceptors (Lipinski definition) is 2. The molecule has 0 aliphatic carbocycles. The maximum atomic E-state index is 13.6. The molecule has 0 spiro atoms. The van der Waals surface area contributed by atoms with E-state index in [1.807, 2.05) is 31.2 Å². The summed E-state index contributed by atoms with van der Waals surface area (Å²) >= 11 is 0. The minimum absolute atomic E-state index is 0.158. The fourth-order valence-corrected chi connectivity index (χ4v) is 3.29. The van der Waals surface area contributed by atoms with Crippen LogP contribution in [0, 0.1) is 18.6 Å². The number of benzene rings is 2. The highest BCUT2D eigenvalue weighted by atomic mass is 32.2. The second kappa shape index (κ2) is 6.54. The molecule has 0 saturated carbocycles. The van der Waals surface area contributed by atoms with E-state index in [4.69, 9.17) is 0 Å². The molecule has 0 N–H and O–H groups in total. The van der Waals surface area contributed by atoms with Crippen LogP contribution in [-0.4, -0.2) is 19.8 Å². The molecule has 0 atom stereocenters. The van der Waals surface area contributed by atoms with Gasteiger partial charge in [-0.2, -0.15) is 0 Å². The van der Waals surface area contributed by atoms with Crippen molar-refractivity contribution in [3.8, 4) is 0 Å². The Morgan fingerprint density at radius 1 is 1.00 bits per heavy atom. The van der Waals surface area contributed by atoms with E-state index in [0.717, 1.165) is 27.6 Å². The van der Waals surface area contributed by atoms with Gasteiger partial charge in [-0.15, -0.1) is 0 Å². The zero-order valence-electron chi connectivity index (χ0n) is 12.4. The molecule has 0 bridgehead atoms. The van der Waals surface area contributed by atoms with Crippen molar-refractivity contribution in [1.82, 2.24) is 4.31 Å². The van der Waals surface area contributed by atoms with Gasteiger partial charge >= 0.3 is 0 Å². The number of nitrogens with zero attached hydrogens (tertiary/aromatic N) is 1. The van der Waals surface area contributed by atoms with Gasteiger partial charge in [0.05, 0.1) is 5.75 Å². The molecule has 0 aliphatic rings. The fraction of sp³-hybridized carbons (Fsp3) is 0.250. The van der Waals surface area contributed by atoms with Crippen LogP contribution in [-0.2, 0) is 22.3 Å². The molecule has 2 aromatic rings. The molecule has 0 amide bonds. The minimum atomic E-state index is -3.82. The summed E-state index contributed by atoms with van der Waals surface area (Å²) in [6.07, 6.45) is 0. The fourth-order valence-electron chi connectivity index (χ4n) is 2.09. The van der Waals surface area contributed by atoms with E-state index in [2.05, 4.69) is 0 Å². The van der Waals surface area contributed by atoms with Crippen molar-refractivity contribution in [3.05, 3.63) is 70.8 Å². The summed E-state index contributed by atoms with van der Waals surface area (Å²) in [5.74, 6) is -2.41. The molecule has 0 radical (unpaired) electrons. The second-order valence-electron chi connectivity index (χ2n) is 5.14. The summed E-state index contributed by atoms with van der Waals surface area (Å²) in [5.41, 5.74) is 1.38. The molecule has 6 heteroatoms. The number of aryl methyl sites for hydroxylation is 1. The first-order valence-corrected chi connectivity index (χ1v) is 8.33. The molecular weight excluding hydrogens is 308 g/mol. The molecule has 0 heterocycles. The van der Waals surface area contributed by atoms with Gasteiger partial charge in [-0.25, -0.2) is 21.5 Å². The van der Waals surface area contributed by atoms with E-state index in [9.17, 15) is 17.2 Å². The third-order valence-corrected chi connectivity index (χ3v) is 5.25. The smallest absolute Gasteiger partial charge is 0.212 e. The van der Waals surface area contributed by atoms with Crippen molar-refractivity contribution in [1.29, 1.82) is 0 Å². The summed E-state index contributed by atoms with van der Waals surface area (Å²) in [7, 11) is -2.42. The first-order chi connectivity index (χ1) is 10.3. The van der Waals surface area contributed by atoms with Gasteiger partial charge in [-0.05, 0) is 30.2 Å². The number of halogens is 2. The van der Waals surface area contributed by atoms with E-state index >= 15 is 0 Å². The van der Waals surface area contributed by atoms with Crippen LogP contribution in [0.1, 0.15) is 16.7 Å². The first kappa shape index (κ1) is 16.6. The summed E-state index contributed by atoms with van der Waals surface area (Å²) < 4.78 is 53.0. The maximum absolute atomic E-state index is 13.6. The van der Waals surface area contributed by atoms with Crippen molar-refractivity contribution in [2.24, 2.45) is 0 Å². The molecule has 3 nitrogen and oxygen atoms in total. The van der Waals surface area contributed by atoms with Crippen LogP contribution in [0.3, 0.4) is 0 Å². The van der Waals surface area contributed by atoms with Gasteiger partial charge in [0, 0.05) is 19.2 Å². The van der Waals surface area contributed by atoms with E-state index in [0.29, 0.717) is 0 Å². The highest BCUT2D eigenvalue weighted by Crippen LogP contribution is 2.19. The molecule has 0 aliphatic heterocycles. The van der Waals surface area contributed by atoms with Gasteiger partial charge in [0.15, 0.2) is 0 Å². The van der Waals surface area contributed by atoms with Crippen molar-refractivity contribution in [3.63, 3.8) is 0 Å². The van der Waals surface area contributed by atoms with E-state index in [1.54, 1.807) is 0 Å². The van der Waals surface area contributed by atoms with Gasteiger partial charge in [-0.3, -0.25) is 0 Å². The Morgan fingerprint density at radius 2 is 1.59 bits per heavy atom. The van der Waals surface area contributed by atoms with Crippen molar-refractivity contribution >= 4 is 10.0 Å². The SMILES string of the molecule is Cc1ccccc1CN(C)S(=O)(=O)Cc1c(F)cccc1F. The second-order valence-corrected chi connectivity index (χ2v) is 7.21. The molecule has 22 heavy (non-hydrogen) atoms. The van der Waals surface area contributed by atoms with Crippen molar-refractivity contribution < 1.29 is 17.2 Å². The quantitative estimate of drug-likeness (QED) is 0.846. The lowest BCUT2D eigenvalue weighted by atomic mass is 10.1. The van der Waals surface area contributed by atoms with Gasteiger partial charge in [0.1, 0.15) is 11.6 Å². The maximum Gasteiger partial charge on any atom is 0.218 e. The van der Waals surface area contributed by atoms with Crippen LogP contribution in [0.15, 0.2) is 42.5 Å². The summed E-state index contributed by atoms with van der Waals surface area (Å²) in [6, 6.07) is 10.7. The lowest BCUT2D eigenvalue weighted by Gasteiger charge is -2.18. The van der Waals surface area contributed by atoms with Crippen molar-refractivity contribution in [2.45, 2.75) is 19.2 Å². The third-order valence-electron chi connectivity index (χ3n) is 3.52. The molecule has 0 saturated heterocycles. The van der Waals surface area contributed by atoms with E-state index in [1.165, 1.54) is 13.1 Å². The molecule has 0 fully saturated rings. The summed E-state index contributed by atoms with van der Waals surface area (Å²) in [4.78, 5) is 0. The third kappa shape index (κ3) is 3.69. The van der Waals surface area contributed by atoms with Crippen LogP contribution >= 0.6 is 0 Å². The Labute approximate surface area is 129 Å². The predicted octanol–water partition coefficient (Wildman–Crippen LogP) is 3.24. The van der Waals surface area contributed by atoms with Gasteiger partial charge in [0.2, 0.25) is 10.0 Å². The van der Waals surface area contributed by atoms with Gasteiger partial charge < -0.3 is 0 Å². The Hall–Kier alpha value is -1.79.